The molecule has 0 aliphatic heterocycles. The highest BCUT2D eigenvalue weighted by Crippen LogP contribution is 2.16. The molecule has 6 nitrogen and oxygen atoms in total. The van der Waals surface area contributed by atoms with Crippen LogP contribution in [0, 0.1) is 5.92 Å². The Labute approximate surface area is 159 Å². The van der Waals surface area contributed by atoms with Crippen LogP contribution in [0.25, 0.3) is 0 Å². The molecular weight excluding hydrogens is 344 g/mol. The van der Waals surface area contributed by atoms with Crippen LogP contribution < -0.4 is 4.90 Å². The molecule has 0 heterocycles. The Bertz CT molecular complexity index is 773. The molecule has 0 bridgehead atoms. The van der Waals surface area contributed by atoms with Crippen LogP contribution in [-0.4, -0.2) is 29.2 Å². The number of hydrogen-bond donors (Lipinski definition) is 1. The Balaban J connectivity index is 2.22. The van der Waals surface area contributed by atoms with Gasteiger partial charge in [-0.05, 0) is 23.6 Å². The summed E-state index contributed by atoms with van der Waals surface area (Å²) in [6.45, 7) is 3.72. The first-order valence-corrected chi connectivity index (χ1v) is 8.79. The van der Waals surface area contributed by atoms with Gasteiger partial charge in [-0.15, -0.1) is 0 Å². The summed E-state index contributed by atoms with van der Waals surface area (Å²) in [4.78, 5) is 30.9. The van der Waals surface area contributed by atoms with Crippen LogP contribution in [0.15, 0.2) is 65.8 Å². The van der Waals surface area contributed by atoms with E-state index in [0.29, 0.717) is 12.1 Å². The highest BCUT2D eigenvalue weighted by molar-refractivity contribution is 6.44. The van der Waals surface area contributed by atoms with Crippen molar-refractivity contribution >= 4 is 23.3 Å². The predicted octanol–water partition coefficient (Wildman–Crippen LogP) is 3.72. The summed E-state index contributed by atoms with van der Waals surface area (Å²) >= 11 is 0. The Morgan fingerprint density at radius 3 is 2.19 bits per heavy atom. The number of rotatable bonds is 9. The maximum Gasteiger partial charge on any atom is 0.323 e. The van der Waals surface area contributed by atoms with E-state index in [4.69, 9.17) is 4.84 Å². The Kier molecular flexibility index (Phi) is 7.55. The van der Waals surface area contributed by atoms with Gasteiger partial charge in [-0.3, -0.25) is 14.5 Å². The molecule has 0 aliphatic rings. The minimum atomic E-state index is -1.10. The zero-order valence-electron chi connectivity index (χ0n) is 15.5. The van der Waals surface area contributed by atoms with Gasteiger partial charge in [-0.1, -0.05) is 67.5 Å². The molecule has 2 aromatic carbocycles. The molecule has 1 amide bonds. The Hall–Kier alpha value is -3.15. The van der Waals surface area contributed by atoms with Gasteiger partial charge in [0.2, 0.25) is 0 Å². The lowest BCUT2D eigenvalue weighted by atomic mass is 10.1. The smallest absolute Gasteiger partial charge is 0.323 e. The number of carboxylic acids is 1. The van der Waals surface area contributed by atoms with E-state index in [1.807, 2.05) is 44.2 Å². The maximum atomic E-state index is 13.0. The van der Waals surface area contributed by atoms with Gasteiger partial charge < -0.3 is 9.94 Å². The fraction of sp³-hybridized carbons (Fsp3) is 0.286. The molecule has 2 rings (SSSR count). The summed E-state index contributed by atoms with van der Waals surface area (Å²) in [5, 5.41) is 13.3. The summed E-state index contributed by atoms with van der Waals surface area (Å²) < 4.78 is 0. The first kappa shape index (κ1) is 20.2. The van der Waals surface area contributed by atoms with Gasteiger partial charge in [-0.2, -0.15) is 0 Å². The fourth-order valence-corrected chi connectivity index (χ4v) is 2.49. The number of carbonyl (C=O) groups is 2. The van der Waals surface area contributed by atoms with Crippen LogP contribution in [0.4, 0.5) is 5.69 Å². The SMILES string of the molecule is CC(C)CC(=NOCc1ccccc1)C(=O)N(CC(=O)O)c1ccccc1. The van der Waals surface area contributed by atoms with E-state index in [0.717, 1.165) is 5.56 Å². The number of nitrogens with zero attached hydrogens (tertiary/aromatic N) is 2. The van der Waals surface area contributed by atoms with E-state index in [1.165, 1.54) is 4.90 Å². The lowest BCUT2D eigenvalue weighted by Crippen LogP contribution is -2.40. The summed E-state index contributed by atoms with van der Waals surface area (Å²) in [5.41, 5.74) is 1.64. The quantitative estimate of drug-likeness (QED) is 0.540. The van der Waals surface area contributed by atoms with Crippen LogP contribution >= 0.6 is 0 Å². The van der Waals surface area contributed by atoms with Crippen molar-refractivity contribution in [1.29, 1.82) is 0 Å². The van der Waals surface area contributed by atoms with E-state index in [-0.39, 0.29) is 18.2 Å². The van der Waals surface area contributed by atoms with Crippen molar-refractivity contribution in [2.24, 2.45) is 11.1 Å². The largest absolute Gasteiger partial charge is 0.480 e. The van der Waals surface area contributed by atoms with Gasteiger partial charge in [0.1, 0.15) is 18.9 Å². The van der Waals surface area contributed by atoms with Crippen molar-refractivity contribution in [2.75, 3.05) is 11.4 Å². The molecule has 27 heavy (non-hydrogen) atoms. The first-order valence-electron chi connectivity index (χ1n) is 8.79. The van der Waals surface area contributed by atoms with Crippen molar-refractivity contribution in [3.8, 4) is 0 Å². The third-order valence-electron chi connectivity index (χ3n) is 3.70. The van der Waals surface area contributed by atoms with Crippen molar-refractivity contribution in [3.63, 3.8) is 0 Å². The van der Waals surface area contributed by atoms with E-state index in [1.54, 1.807) is 30.3 Å². The third-order valence-corrected chi connectivity index (χ3v) is 3.70. The second-order valence-electron chi connectivity index (χ2n) is 6.52. The highest BCUT2D eigenvalue weighted by atomic mass is 16.6. The minimum Gasteiger partial charge on any atom is -0.480 e. The van der Waals surface area contributed by atoms with Crippen LogP contribution in [0.5, 0.6) is 0 Å². The molecule has 0 saturated carbocycles. The number of benzene rings is 2. The number of carboxylic acid groups (broad SMARTS) is 1. The van der Waals surface area contributed by atoms with Gasteiger partial charge in [0.05, 0.1) is 0 Å². The number of hydrogen-bond acceptors (Lipinski definition) is 4. The van der Waals surface area contributed by atoms with E-state index < -0.39 is 18.4 Å². The number of carbonyl (C=O) groups excluding carboxylic acids is 1. The van der Waals surface area contributed by atoms with Crippen LogP contribution in [0.1, 0.15) is 25.8 Å². The lowest BCUT2D eigenvalue weighted by molar-refractivity contribution is -0.136. The number of anilines is 1. The molecule has 142 valence electrons. The number of oxime groups is 1. The van der Waals surface area contributed by atoms with E-state index in [9.17, 15) is 14.7 Å². The normalized spacial score (nSPS) is 11.3. The summed E-state index contributed by atoms with van der Waals surface area (Å²) in [6, 6.07) is 18.2. The van der Waals surface area contributed by atoms with Gasteiger partial charge in [0, 0.05) is 12.1 Å². The van der Waals surface area contributed by atoms with Crippen molar-refractivity contribution < 1.29 is 19.5 Å². The molecule has 0 radical (unpaired) electrons. The first-order chi connectivity index (χ1) is 13.0. The Morgan fingerprint density at radius 1 is 1.04 bits per heavy atom. The molecule has 6 heteroatoms. The zero-order valence-corrected chi connectivity index (χ0v) is 15.5. The summed E-state index contributed by atoms with van der Waals surface area (Å²) in [5.74, 6) is -1.40. The average Bonchev–Trinajstić information content (AvgIpc) is 2.66. The molecule has 2 aromatic rings. The van der Waals surface area contributed by atoms with Gasteiger partial charge in [0.25, 0.3) is 5.91 Å². The molecule has 0 spiro atoms. The molecular formula is C21H24N2O4. The standard InChI is InChI=1S/C21H24N2O4/c1-16(2)13-19(22-27-15-17-9-5-3-6-10-17)21(26)23(14-20(24)25)18-11-7-4-8-12-18/h3-12,16H,13-15H2,1-2H3,(H,24,25). The van der Waals surface area contributed by atoms with Crippen LogP contribution in [0.2, 0.25) is 0 Å². The number of amides is 1. The maximum absolute atomic E-state index is 13.0. The molecule has 1 N–H and O–H groups in total. The van der Waals surface area contributed by atoms with Crippen molar-refractivity contribution in [3.05, 3.63) is 66.2 Å². The predicted molar refractivity (Wildman–Crippen MR) is 105 cm³/mol. The molecule has 0 aliphatic carbocycles. The van der Waals surface area contributed by atoms with Gasteiger partial charge in [-0.25, -0.2) is 0 Å². The van der Waals surface area contributed by atoms with Gasteiger partial charge in [0.15, 0.2) is 0 Å². The van der Waals surface area contributed by atoms with E-state index in [2.05, 4.69) is 5.16 Å². The zero-order chi connectivity index (χ0) is 19.6. The minimum absolute atomic E-state index is 0.162. The fourth-order valence-electron chi connectivity index (χ4n) is 2.49. The Morgan fingerprint density at radius 2 is 1.63 bits per heavy atom. The summed E-state index contributed by atoms with van der Waals surface area (Å²) in [7, 11) is 0. The summed E-state index contributed by atoms with van der Waals surface area (Å²) in [6.07, 6.45) is 0.385. The molecule has 0 fully saturated rings. The molecule has 0 atom stereocenters. The second kappa shape index (κ2) is 10.1. The third kappa shape index (κ3) is 6.58. The number of aliphatic carboxylic acids is 1. The highest BCUT2D eigenvalue weighted by Gasteiger charge is 2.25. The van der Waals surface area contributed by atoms with Crippen LogP contribution in [0.3, 0.4) is 0 Å². The number of para-hydroxylation sites is 1. The molecule has 0 unspecified atom stereocenters. The topological polar surface area (TPSA) is 79.2 Å². The molecule has 0 saturated heterocycles. The van der Waals surface area contributed by atoms with E-state index >= 15 is 0 Å². The molecule has 0 aromatic heterocycles. The van der Waals surface area contributed by atoms with Crippen molar-refractivity contribution in [1.82, 2.24) is 0 Å². The average molecular weight is 368 g/mol. The second-order valence-corrected chi connectivity index (χ2v) is 6.52. The van der Waals surface area contributed by atoms with Crippen molar-refractivity contribution in [2.45, 2.75) is 26.9 Å². The van der Waals surface area contributed by atoms with Gasteiger partial charge >= 0.3 is 5.97 Å². The van der Waals surface area contributed by atoms with Crippen LogP contribution in [-0.2, 0) is 21.0 Å². The lowest BCUT2D eigenvalue weighted by Gasteiger charge is -2.22. The monoisotopic (exact) mass is 368 g/mol.